The van der Waals surface area contributed by atoms with Gasteiger partial charge in [0.2, 0.25) is 0 Å². The first-order valence-electron chi connectivity index (χ1n) is 10.9. The Balaban J connectivity index is 0. The predicted molar refractivity (Wildman–Crippen MR) is 106 cm³/mol. The second-order valence-corrected chi connectivity index (χ2v) is 7.30. The minimum atomic E-state index is -0.381. The Morgan fingerprint density at radius 1 is 0.500 bits per heavy atom. The van der Waals surface area contributed by atoms with E-state index in [2.05, 4.69) is 6.92 Å². The summed E-state index contributed by atoms with van der Waals surface area (Å²) in [6.45, 7) is 4.17. The molecule has 0 rings (SSSR count). The number of ether oxygens (including phenoxy) is 1. The minimum Gasteiger partial charge on any atom is -0.393 e. The maximum atomic E-state index is 11.4. The Labute approximate surface area is 181 Å². The summed E-state index contributed by atoms with van der Waals surface area (Å²) in [5, 5.41) is 0. The van der Waals surface area contributed by atoms with Gasteiger partial charge in [0.15, 0.2) is 0 Å². The quantitative estimate of drug-likeness (QED) is 0.128. The van der Waals surface area contributed by atoms with Gasteiger partial charge in [0, 0.05) is 39.0 Å². The molecule has 0 radical (unpaired) electrons. The van der Waals surface area contributed by atoms with Crippen LogP contribution in [0.4, 0.5) is 0 Å². The fourth-order valence-corrected chi connectivity index (χ4v) is 3.07. The van der Waals surface area contributed by atoms with Crippen LogP contribution in [-0.2, 0) is 40.5 Å². The van der Waals surface area contributed by atoms with Crippen molar-refractivity contribution in [3.63, 3.8) is 0 Å². The largest absolute Gasteiger partial charge is 0.393 e. The number of unbranched alkanes of at least 4 members (excludes halogenated alkanes) is 14. The molecule has 0 heterocycles. The summed E-state index contributed by atoms with van der Waals surface area (Å²) in [5.41, 5.74) is 0. The van der Waals surface area contributed by atoms with E-state index in [0.29, 0.717) is 12.8 Å². The summed E-state index contributed by atoms with van der Waals surface area (Å²) in [7, 11) is 0. The zero-order valence-corrected chi connectivity index (χ0v) is 19.9. The van der Waals surface area contributed by atoms with Crippen molar-refractivity contribution in [3.05, 3.63) is 0 Å². The molecule has 0 saturated carbocycles. The molecule has 0 unspecified atom stereocenters. The Bertz CT molecular complexity index is 319. The third-order valence-corrected chi connectivity index (χ3v) is 4.67. The van der Waals surface area contributed by atoms with E-state index in [4.69, 9.17) is 4.74 Å². The molecule has 0 aliphatic rings. The molecule has 3 nitrogen and oxygen atoms in total. The van der Waals surface area contributed by atoms with Gasteiger partial charge in [0.05, 0.1) is 0 Å². The van der Waals surface area contributed by atoms with Gasteiger partial charge in [-0.25, -0.2) is 0 Å². The number of carbonyl (C=O) groups is 2. The van der Waals surface area contributed by atoms with Crippen LogP contribution in [-0.4, -0.2) is 11.9 Å². The Hall–Kier alpha value is 0.0231. The number of esters is 2. The molecule has 0 atom stereocenters. The summed E-state index contributed by atoms with van der Waals surface area (Å²) in [6.07, 6.45) is 21.1. The first kappa shape index (κ1) is 28.2. The van der Waals surface area contributed by atoms with Gasteiger partial charge in [0.25, 0.3) is 0 Å². The van der Waals surface area contributed by atoms with E-state index in [0.717, 1.165) is 19.3 Å². The molecule has 0 aliphatic heterocycles. The van der Waals surface area contributed by atoms with Crippen molar-refractivity contribution in [3.8, 4) is 0 Å². The molecular formula is C22H42O3Zr. The van der Waals surface area contributed by atoms with Crippen LogP contribution in [0, 0.1) is 0 Å². The van der Waals surface area contributed by atoms with Crippen LogP contribution >= 0.6 is 0 Å². The molecule has 0 saturated heterocycles. The van der Waals surface area contributed by atoms with Gasteiger partial charge < -0.3 is 4.74 Å². The SMILES string of the molecule is CCCCCCCCCCCCCCCCCC(=O)OC(=O)CCC.[Zr]. The summed E-state index contributed by atoms with van der Waals surface area (Å²) in [4.78, 5) is 22.6. The first-order chi connectivity index (χ1) is 12.2. The third-order valence-electron chi connectivity index (χ3n) is 4.67. The molecule has 0 spiro atoms. The van der Waals surface area contributed by atoms with E-state index in [1.54, 1.807) is 0 Å². The van der Waals surface area contributed by atoms with E-state index >= 15 is 0 Å². The Morgan fingerprint density at radius 2 is 0.846 bits per heavy atom. The molecule has 26 heavy (non-hydrogen) atoms. The fourth-order valence-electron chi connectivity index (χ4n) is 3.07. The van der Waals surface area contributed by atoms with Gasteiger partial charge in [-0.05, 0) is 12.8 Å². The topological polar surface area (TPSA) is 43.4 Å². The Morgan fingerprint density at radius 3 is 1.23 bits per heavy atom. The molecule has 4 heteroatoms. The standard InChI is InChI=1S/C22H42O3.Zr/c1-3-5-6-7-8-9-10-11-12-13-14-15-16-17-18-20-22(24)25-21(23)19-4-2;/h3-20H2,1-2H3;. The summed E-state index contributed by atoms with van der Waals surface area (Å²) in [5.74, 6) is -0.735. The van der Waals surface area contributed by atoms with Crippen LogP contribution in [0.15, 0.2) is 0 Å². The van der Waals surface area contributed by atoms with Gasteiger partial charge in [-0.15, -0.1) is 0 Å². The molecule has 0 amide bonds. The van der Waals surface area contributed by atoms with Crippen molar-refractivity contribution < 1.29 is 40.5 Å². The average molecular weight is 446 g/mol. The number of rotatable bonds is 18. The monoisotopic (exact) mass is 444 g/mol. The second-order valence-electron chi connectivity index (χ2n) is 7.30. The minimum absolute atomic E-state index is 0. The van der Waals surface area contributed by atoms with Crippen molar-refractivity contribution in [2.24, 2.45) is 0 Å². The van der Waals surface area contributed by atoms with Gasteiger partial charge in [0.1, 0.15) is 0 Å². The number of hydrogen-bond acceptors (Lipinski definition) is 3. The summed E-state index contributed by atoms with van der Waals surface area (Å²) >= 11 is 0. The van der Waals surface area contributed by atoms with Crippen molar-refractivity contribution >= 4 is 11.9 Å². The van der Waals surface area contributed by atoms with Crippen molar-refractivity contribution in [1.29, 1.82) is 0 Å². The van der Waals surface area contributed by atoms with Crippen LogP contribution < -0.4 is 0 Å². The molecule has 0 N–H and O–H groups in total. The molecule has 0 bridgehead atoms. The molecular weight excluding hydrogens is 403 g/mol. The number of hydrogen-bond donors (Lipinski definition) is 0. The zero-order valence-electron chi connectivity index (χ0n) is 17.5. The van der Waals surface area contributed by atoms with Crippen LogP contribution in [0.1, 0.15) is 129 Å². The van der Waals surface area contributed by atoms with Gasteiger partial charge >= 0.3 is 11.9 Å². The number of carbonyl (C=O) groups excluding carboxylic acids is 2. The van der Waals surface area contributed by atoms with Crippen LogP contribution in [0.5, 0.6) is 0 Å². The normalized spacial score (nSPS) is 10.4. The van der Waals surface area contributed by atoms with E-state index in [1.807, 2.05) is 6.92 Å². The van der Waals surface area contributed by atoms with Crippen molar-refractivity contribution in [2.45, 2.75) is 129 Å². The van der Waals surface area contributed by atoms with Gasteiger partial charge in [-0.1, -0.05) is 104 Å². The van der Waals surface area contributed by atoms with Crippen molar-refractivity contribution in [1.82, 2.24) is 0 Å². The summed E-state index contributed by atoms with van der Waals surface area (Å²) < 4.78 is 4.73. The van der Waals surface area contributed by atoms with Gasteiger partial charge in [-0.3, -0.25) is 9.59 Å². The van der Waals surface area contributed by atoms with Crippen molar-refractivity contribution in [2.75, 3.05) is 0 Å². The van der Waals surface area contributed by atoms with Crippen LogP contribution in [0.3, 0.4) is 0 Å². The summed E-state index contributed by atoms with van der Waals surface area (Å²) in [6, 6.07) is 0. The van der Waals surface area contributed by atoms with Crippen LogP contribution in [0.25, 0.3) is 0 Å². The first-order valence-corrected chi connectivity index (χ1v) is 10.9. The molecule has 0 fully saturated rings. The second kappa shape index (κ2) is 23.1. The van der Waals surface area contributed by atoms with E-state index in [-0.39, 0.29) is 38.1 Å². The maximum absolute atomic E-state index is 11.4. The molecule has 0 aliphatic carbocycles. The van der Waals surface area contributed by atoms with Gasteiger partial charge in [-0.2, -0.15) is 0 Å². The third kappa shape index (κ3) is 22.1. The van der Waals surface area contributed by atoms with Crippen LogP contribution in [0.2, 0.25) is 0 Å². The van der Waals surface area contributed by atoms with E-state index < -0.39 is 0 Å². The zero-order chi connectivity index (χ0) is 18.6. The van der Waals surface area contributed by atoms with E-state index in [1.165, 1.54) is 83.5 Å². The maximum Gasteiger partial charge on any atom is 0.313 e. The molecule has 0 aromatic heterocycles. The Kier molecular flexibility index (Phi) is 25.0. The fraction of sp³-hybridized carbons (Fsp3) is 0.909. The molecule has 0 aromatic carbocycles. The smallest absolute Gasteiger partial charge is 0.313 e. The predicted octanol–water partition coefficient (Wildman–Crippen LogP) is 7.12. The van der Waals surface area contributed by atoms with E-state index in [9.17, 15) is 9.59 Å². The average Bonchev–Trinajstić information content (AvgIpc) is 2.58. The molecule has 0 aromatic rings. The molecule has 152 valence electrons.